The number of anilines is 1. The summed E-state index contributed by atoms with van der Waals surface area (Å²) in [6, 6.07) is 22.1. The van der Waals surface area contributed by atoms with Crippen LogP contribution in [0.5, 0.6) is 17.4 Å². The smallest absolute Gasteiger partial charge is 0.255 e. The van der Waals surface area contributed by atoms with Gasteiger partial charge in [0.2, 0.25) is 17.7 Å². The molecule has 1 unspecified atom stereocenters. The number of aromatic nitrogens is 5. The number of likely N-dealkylation sites (N-methyl/N-ethyl adjacent to an activating group) is 1. The molecule has 3 heterocycles. The van der Waals surface area contributed by atoms with Crippen LogP contribution in [0.3, 0.4) is 0 Å². The lowest BCUT2D eigenvalue weighted by molar-refractivity contribution is -0.136. The lowest BCUT2D eigenvalue weighted by atomic mass is 9.78. The molecule has 1 atom stereocenters. The molecule has 2 aromatic heterocycles. The van der Waals surface area contributed by atoms with Gasteiger partial charge in [-0.15, -0.1) is 4.80 Å². The minimum Gasteiger partial charge on any atom is -0.490 e. The van der Waals surface area contributed by atoms with E-state index in [4.69, 9.17) is 9.47 Å². The fourth-order valence-corrected chi connectivity index (χ4v) is 6.53. The summed E-state index contributed by atoms with van der Waals surface area (Å²) in [5.41, 5.74) is 3.07. The molecule has 0 radical (unpaired) electrons. The van der Waals surface area contributed by atoms with Crippen LogP contribution >= 0.6 is 0 Å². The molecule has 3 amide bonds. The Kier molecular flexibility index (Phi) is 9.68. The van der Waals surface area contributed by atoms with Crippen molar-refractivity contribution < 1.29 is 28.7 Å². The van der Waals surface area contributed by atoms with Crippen molar-refractivity contribution in [2.45, 2.75) is 63.1 Å². The van der Waals surface area contributed by atoms with E-state index in [1.807, 2.05) is 36.4 Å². The van der Waals surface area contributed by atoms with Crippen LogP contribution in [0.25, 0.3) is 5.82 Å². The van der Waals surface area contributed by atoms with Crippen LogP contribution in [0.2, 0.25) is 0 Å². The third kappa shape index (κ3) is 7.61. The second-order valence-electron chi connectivity index (χ2n) is 13.7. The Bertz CT molecular complexity index is 2130. The third-order valence-electron chi connectivity index (χ3n) is 9.80. The highest BCUT2D eigenvalue weighted by Gasteiger charge is 2.34. The maximum atomic E-state index is 13.4. The number of carbonyl (C=O) groups is 4. The highest BCUT2D eigenvalue weighted by molar-refractivity contribution is 6.06. The summed E-state index contributed by atoms with van der Waals surface area (Å²) in [4.78, 5) is 60.1. The van der Waals surface area contributed by atoms with Gasteiger partial charge in [-0.05, 0) is 60.0 Å². The van der Waals surface area contributed by atoms with E-state index in [1.54, 1.807) is 36.7 Å². The van der Waals surface area contributed by atoms with Gasteiger partial charge in [0, 0.05) is 55.1 Å². The van der Waals surface area contributed by atoms with E-state index >= 15 is 0 Å². The summed E-state index contributed by atoms with van der Waals surface area (Å²) in [5, 5.41) is 13.9. The van der Waals surface area contributed by atoms with Gasteiger partial charge >= 0.3 is 0 Å². The maximum Gasteiger partial charge on any atom is 0.255 e. The third-order valence-corrected chi connectivity index (χ3v) is 9.80. The molecule has 5 aromatic rings. The molecule has 14 nitrogen and oxygen atoms in total. The van der Waals surface area contributed by atoms with Crippen LogP contribution in [0.15, 0.2) is 91.5 Å². The number of ether oxygens (including phenoxy) is 2. The van der Waals surface area contributed by atoms with Crippen LogP contribution in [-0.4, -0.2) is 79.1 Å². The first kappa shape index (κ1) is 35.0. The van der Waals surface area contributed by atoms with Gasteiger partial charge in [-0.2, -0.15) is 10.2 Å². The number of aldehydes is 1. The number of rotatable bonds is 12. The van der Waals surface area contributed by atoms with Crippen LogP contribution in [0.1, 0.15) is 71.4 Å². The molecule has 3 aromatic carbocycles. The molecule has 270 valence electrons. The number of hydrogen-bond acceptors (Lipinski definition) is 11. The number of nitrogens with zero attached hydrogens (tertiary/aromatic N) is 6. The predicted octanol–water partition coefficient (Wildman–Crippen LogP) is 4.89. The van der Waals surface area contributed by atoms with Crippen molar-refractivity contribution in [3.63, 3.8) is 0 Å². The standard InChI is InChI=1S/C39H38N8O6/c1-39(2,26-7-12-30(13-8-26)53-36-21-34(40-23-41-36)47-42-16-17-43-47)25-5-10-29(11-6-25)52-31-18-28(19-31)44-27-9-4-24(22-48)32(20-27)38(51)46(3)33-14-15-35(49)45-37(33)50/h4-13,16-17,20-23,28,31,33,44H,14-15,18-19H2,1-3H3,(H,45,49,50). The van der Waals surface area contributed by atoms with Crippen LogP contribution in [0.4, 0.5) is 5.69 Å². The quantitative estimate of drug-likeness (QED) is 0.133. The van der Waals surface area contributed by atoms with E-state index in [1.165, 1.54) is 23.1 Å². The number of piperidine rings is 1. The Hall–Kier alpha value is -6.44. The molecule has 1 aliphatic carbocycles. The van der Waals surface area contributed by atoms with Gasteiger partial charge in [0.05, 0.1) is 18.0 Å². The Morgan fingerprint density at radius 2 is 1.62 bits per heavy atom. The molecule has 2 N–H and O–H groups in total. The molecule has 0 spiro atoms. The Morgan fingerprint density at radius 3 is 2.28 bits per heavy atom. The monoisotopic (exact) mass is 714 g/mol. The molecular weight excluding hydrogens is 676 g/mol. The predicted molar refractivity (Wildman–Crippen MR) is 193 cm³/mol. The van der Waals surface area contributed by atoms with E-state index in [2.05, 4.69) is 56.8 Å². The zero-order chi connectivity index (χ0) is 37.1. The first-order chi connectivity index (χ1) is 25.6. The number of imide groups is 1. The largest absolute Gasteiger partial charge is 0.490 e. The lowest BCUT2D eigenvalue weighted by Gasteiger charge is -2.36. The maximum absolute atomic E-state index is 13.4. The van der Waals surface area contributed by atoms with Crippen molar-refractivity contribution in [3.8, 4) is 23.2 Å². The molecule has 7 rings (SSSR count). The summed E-state index contributed by atoms with van der Waals surface area (Å²) in [7, 11) is 1.51. The molecule has 1 saturated carbocycles. The van der Waals surface area contributed by atoms with E-state index in [9.17, 15) is 19.2 Å². The molecule has 53 heavy (non-hydrogen) atoms. The van der Waals surface area contributed by atoms with Crippen molar-refractivity contribution in [1.82, 2.24) is 35.2 Å². The second-order valence-corrected chi connectivity index (χ2v) is 13.7. The molecular formula is C39H38N8O6. The summed E-state index contributed by atoms with van der Waals surface area (Å²) in [6.45, 7) is 4.34. The number of carbonyl (C=O) groups excluding carboxylic acids is 4. The topological polar surface area (TPSA) is 171 Å². The molecule has 1 saturated heterocycles. The molecule has 2 aliphatic rings. The van der Waals surface area contributed by atoms with E-state index < -0.39 is 17.9 Å². The van der Waals surface area contributed by atoms with Gasteiger partial charge < -0.3 is 19.7 Å². The first-order valence-electron chi connectivity index (χ1n) is 17.3. The minimum absolute atomic E-state index is 0.0229. The van der Waals surface area contributed by atoms with Crippen molar-refractivity contribution in [3.05, 3.63) is 114 Å². The molecule has 14 heteroatoms. The fourth-order valence-electron chi connectivity index (χ4n) is 6.53. The second kappa shape index (κ2) is 14.7. The first-order valence-corrected chi connectivity index (χ1v) is 17.3. The van der Waals surface area contributed by atoms with Crippen LogP contribution in [0, 0.1) is 0 Å². The van der Waals surface area contributed by atoms with Crippen molar-refractivity contribution in [1.29, 1.82) is 0 Å². The number of nitrogens with one attached hydrogen (secondary N) is 2. The van der Waals surface area contributed by atoms with Crippen LogP contribution in [-0.2, 0) is 15.0 Å². The summed E-state index contributed by atoms with van der Waals surface area (Å²) < 4.78 is 12.2. The Balaban J connectivity index is 0.919. The van der Waals surface area contributed by atoms with E-state index in [0.29, 0.717) is 29.4 Å². The van der Waals surface area contributed by atoms with E-state index in [0.717, 1.165) is 29.7 Å². The van der Waals surface area contributed by atoms with Crippen molar-refractivity contribution in [2.75, 3.05) is 12.4 Å². The van der Waals surface area contributed by atoms with Gasteiger partial charge in [-0.25, -0.2) is 9.97 Å². The highest BCUT2D eigenvalue weighted by Crippen LogP contribution is 2.35. The van der Waals surface area contributed by atoms with Crippen molar-refractivity contribution in [2.24, 2.45) is 0 Å². The van der Waals surface area contributed by atoms with Gasteiger partial charge in [0.25, 0.3) is 5.91 Å². The zero-order valence-corrected chi connectivity index (χ0v) is 29.4. The molecule has 2 fully saturated rings. The average Bonchev–Trinajstić information content (AvgIpc) is 3.70. The summed E-state index contributed by atoms with van der Waals surface area (Å²) in [5.74, 6) is 0.971. The number of hydrogen-bond donors (Lipinski definition) is 2. The normalized spacial score (nSPS) is 18.4. The number of amides is 3. The fraction of sp³-hybridized carbons (Fsp3) is 0.282. The summed E-state index contributed by atoms with van der Waals surface area (Å²) in [6.07, 6.45) is 7.10. The number of benzene rings is 3. The van der Waals surface area contributed by atoms with Crippen LogP contribution < -0.4 is 20.1 Å². The lowest BCUT2D eigenvalue weighted by Crippen LogP contribution is -2.53. The van der Waals surface area contributed by atoms with Gasteiger partial charge in [-0.1, -0.05) is 38.1 Å². The Morgan fingerprint density at radius 1 is 0.943 bits per heavy atom. The van der Waals surface area contributed by atoms with Crippen molar-refractivity contribution >= 4 is 29.7 Å². The summed E-state index contributed by atoms with van der Waals surface area (Å²) >= 11 is 0. The average molecular weight is 715 g/mol. The SMILES string of the molecule is CN(C(=O)c1cc(NC2CC(Oc3ccc(C(C)(C)c4ccc(Oc5cc(-n6nccn6)ncn5)cc4)cc3)C2)ccc1C=O)C1CCC(=O)NC1=O. The van der Waals surface area contributed by atoms with Gasteiger partial charge in [-0.3, -0.25) is 24.5 Å². The van der Waals surface area contributed by atoms with Gasteiger partial charge in [0.15, 0.2) is 12.1 Å². The van der Waals surface area contributed by atoms with E-state index in [-0.39, 0.29) is 47.4 Å². The molecule has 0 bridgehead atoms. The minimum atomic E-state index is -0.786. The Labute approximate surface area is 305 Å². The van der Waals surface area contributed by atoms with Gasteiger partial charge in [0.1, 0.15) is 30.0 Å². The molecule has 1 aliphatic heterocycles. The zero-order valence-electron chi connectivity index (χ0n) is 29.4. The highest BCUT2D eigenvalue weighted by atomic mass is 16.5.